The van der Waals surface area contributed by atoms with Gasteiger partial charge in [-0.25, -0.2) is 0 Å². The molecular weight excluding hydrogens is 441 g/mol. The lowest BCUT2D eigenvalue weighted by Crippen LogP contribution is -2.11. The maximum atomic E-state index is 2.34. The molecule has 0 amide bonds. The Morgan fingerprint density at radius 1 is 0.556 bits per heavy atom. The molecule has 0 heterocycles. The van der Waals surface area contributed by atoms with Crippen LogP contribution in [0.1, 0.15) is 5.56 Å². The van der Waals surface area contributed by atoms with Crippen LogP contribution in [0.2, 0.25) is 0 Å². The van der Waals surface area contributed by atoms with E-state index < -0.39 is 0 Å². The summed E-state index contributed by atoms with van der Waals surface area (Å²) in [5, 5.41) is 0. The van der Waals surface area contributed by atoms with E-state index in [0.717, 1.165) is 11.4 Å². The predicted octanol–water partition coefficient (Wildman–Crippen LogP) is 7.74. The van der Waals surface area contributed by atoms with Gasteiger partial charge in [-0.05, 0) is 88.7 Å². The Kier molecular flexibility index (Phi) is 5.26. The lowest BCUT2D eigenvalue weighted by molar-refractivity contribution is 1.25. The molecule has 27 heavy (non-hydrogen) atoms. The van der Waals surface area contributed by atoms with Gasteiger partial charge in [0.2, 0.25) is 0 Å². The molecule has 0 atom stereocenters. The SMILES string of the molecule is Cc1ccccc1N(c1ccccc1)c1ccc(-c2ccc(I)cc2)cc1. The van der Waals surface area contributed by atoms with E-state index in [-0.39, 0.29) is 0 Å². The summed E-state index contributed by atoms with van der Waals surface area (Å²) in [5.74, 6) is 0. The van der Waals surface area contributed by atoms with Gasteiger partial charge in [0.25, 0.3) is 0 Å². The second kappa shape index (κ2) is 7.97. The van der Waals surface area contributed by atoms with Gasteiger partial charge in [-0.15, -0.1) is 0 Å². The van der Waals surface area contributed by atoms with Crippen molar-refractivity contribution >= 4 is 39.7 Å². The summed E-state index contributed by atoms with van der Waals surface area (Å²) in [6.07, 6.45) is 0. The first kappa shape index (κ1) is 17.8. The van der Waals surface area contributed by atoms with Crippen molar-refractivity contribution in [1.29, 1.82) is 0 Å². The zero-order valence-corrected chi connectivity index (χ0v) is 17.3. The minimum atomic E-state index is 1.16. The van der Waals surface area contributed by atoms with E-state index in [1.54, 1.807) is 0 Å². The van der Waals surface area contributed by atoms with Gasteiger partial charge in [-0.1, -0.05) is 60.7 Å². The molecule has 0 aliphatic rings. The van der Waals surface area contributed by atoms with Gasteiger partial charge in [0.1, 0.15) is 0 Å². The van der Waals surface area contributed by atoms with E-state index in [9.17, 15) is 0 Å². The smallest absolute Gasteiger partial charge is 0.0490 e. The molecule has 0 aliphatic carbocycles. The van der Waals surface area contributed by atoms with Crippen molar-refractivity contribution in [1.82, 2.24) is 0 Å². The van der Waals surface area contributed by atoms with Crippen molar-refractivity contribution in [2.75, 3.05) is 4.90 Å². The van der Waals surface area contributed by atoms with Gasteiger partial charge in [0.05, 0.1) is 0 Å². The summed E-state index contributed by atoms with van der Waals surface area (Å²) >= 11 is 2.34. The molecular formula is C25H20IN. The second-order valence-corrected chi connectivity index (χ2v) is 7.76. The minimum absolute atomic E-state index is 1.16. The topological polar surface area (TPSA) is 3.24 Å². The Balaban J connectivity index is 1.77. The van der Waals surface area contributed by atoms with Crippen LogP contribution in [0, 0.1) is 10.5 Å². The van der Waals surface area contributed by atoms with Crippen LogP contribution >= 0.6 is 22.6 Å². The second-order valence-electron chi connectivity index (χ2n) is 6.51. The lowest BCUT2D eigenvalue weighted by Gasteiger charge is -2.27. The maximum Gasteiger partial charge on any atom is 0.0490 e. The summed E-state index contributed by atoms with van der Waals surface area (Å²) in [5.41, 5.74) is 7.24. The monoisotopic (exact) mass is 461 g/mol. The third kappa shape index (κ3) is 3.91. The number of aryl methyl sites for hydroxylation is 1. The lowest BCUT2D eigenvalue weighted by atomic mass is 10.0. The third-order valence-corrected chi connectivity index (χ3v) is 5.39. The van der Waals surface area contributed by atoms with Crippen molar-refractivity contribution in [2.45, 2.75) is 6.92 Å². The Bertz CT molecular complexity index is 1020. The number of anilines is 3. The number of rotatable bonds is 4. The van der Waals surface area contributed by atoms with Gasteiger partial charge < -0.3 is 4.90 Å². The first-order valence-electron chi connectivity index (χ1n) is 8.99. The summed E-state index contributed by atoms with van der Waals surface area (Å²) in [4.78, 5) is 2.31. The van der Waals surface area contributed by atoms with E-state index in [1.165, 1.54) is 25.9 Å². The van der Waals surface area contributed by atoms with Crippen LogP contribution in [0.4, 0.5) is 17.1 Å². The molecule has 4 aromatic rings. The molecule has 4 rings (SSSR count). The van der Waals surface area contributed by atoms with Gasteiger partial charge in [-0.3, -0.25) is 0 Å². The van der Waals surface area contributed by atoms with Gasteiger partial charge in [0.15, 0.2) is 0 Å². The Morgan fingerprint density at radius 3 is 1.70 bits per heavy atom. The standard InChI is InChI=1S/C25H20IN/c1-19-7-5-6-10-25(19)27(23-8-3-2-4-9-23)24-17-13-21(14-18-24)20-11-15-22(26)16-12-20/h2-18H,1H3. The number of nitrogens with zero attached hydrogens (tertiary/aromatic N) is 1. The van der Waals surface area contributed by atoms with Crippen LogP contribution in [0.25, 0.3) is 11.1 Å². The Hall–Kier alpha value is -2.59. The van der Waals surface area contributed by atoms with Crippen molar-refractivity contribution in [2.24, 2.45) is 0 Å². The van der Waals surface area contributed by atoms with Gasteiger partial charge in [-0.2, -0.15) is 0 Å². The number of hydrogen-bond acceptors (Lipinski definition) is 1. The van der Waals surface area contributed by atoms with Crippen LogP contribution in [0.15, 0.2) is 103 Å². The average Bonchev–Trinajstić information content (AvgIpc) is 2.72. The number of halogens is 1. The number of hydrogen-bond donors (Lipinski definition) is 0. The van der Waals surface area contributed by atoms with Crippen LogP contribution in [-0.4, -0.2) is 0 Å². The van der Waals surface area contributed by atoms with E-state index in [4.69, 9.17) is 0 Å². The van der Waals surface area contributed by atoms with Crippen LogP contribution in [-0.2, 0) is 0 Å². The van der Waals surface area contributed by atoms with E-state index in [1.807, 2.05) is 0 Å². The van der Waals surface area contributed by atoms with Gasteiger partial charge >= 0.3 is 0 Å². The molecule has 2 heteroatoms. The fraction of sp³-hybridized carbons (Fsp3) is 0.0400. The third-order valence-electron chi connectivity index (χ3n) is 4.67. The molecule has 0 N–H and O–H groups in total. The largest absolute Gasteiger partial charge is 0.310 e. The van der Waals surface area contributed by atoms with Crippen molar-refractivity contribution in [3.63, 3.8) is 0 Å². The maximum absolute atomic E-state index is 2.34. The summed E-state index contributed by atoms with van der Waals surface area (Å²) in [7, 11) is 0. The Morgan fingerprint density at radius 2 is 1.07 bits per heavy atom. The zero-order chi connectivity index (χ0) is 18.6. The van der Waals surface area contributed by atoms with Crippen molar-refractivity contribution in [3.05, 3.63) is 112 Å². The highest BCUT2D eigenvalue weighted by Gasteiger charge is 2.13. The molecule has 132 valence electrons. The summed E-state index contributed by atoms with van der Waals surface area (Å²) < 4.78 is 1.25. The normalized spacial score (nSPS) is 10.6. The molecule has 0 radical (unpaired) electrons. The van der Waals surface area contributed by atoms with Crippen molar-refractivity contribution < 1.29 is 0 Å². The van der Waals surface area contributed by atoms with E-state index in [2.05, 4.69) is 138 Å². The highest BCUT2D eigenvalue weighted by molar-refractivity contribution is 14.1. The Labute approximate surface area is 174 Å². The van der Waals surface area contributed by atoms with Crippen LogP contribution in [0.3, 0.4) is 0 Å². The number of benzene rings is 4. The van der Waals surface area contributed by atoms with Gasteiger partial charge in [0, 0.05) is 20.6 Å². The summed E-state index contributed by atoms with van der Waals surface area (Å²) in [6.45, 7) is 2.16. The quantitative estimate of drug-likeness (QED) is 0.281. The number of para-hydroxylation sites is 2. The fourth-order valence-corrected chi connectivity index (χ4v) is 3.62. The van der Waals surface area contributed by atoms with E-state index >= 15 is 0 Å². The first-order valence-corrected chi connectivity index (χ1v) is 10.1. The molecule has 1 nitrogen and oxygen atoms in total. The molecule has 0 fully saturated rings. The van der Waals surface area contributed by atoms with Crippen LogP contribution in [0.5, 0.6) is 0 Å². The minimum Gasteiger partial charge on any atom is -0.310 e. The molecule has 0 aliphatic heterocycles. The average molecular weight is 461 g/mol. The van der Waals surface area contributed by atoms with E-state index in [0.29, 0.717) is 0 Å². The predicted molar refractivity (Wildman–Crippen MR) is 124 cm³/mol. The summed E-state index contributed by atoms with van der Waals surface area (Å²) in [6, 6.07) is 36.5. The highest BCUT2D eigenvalue weighted by Crippen LogP contribution is 2.37. The van der Waals surface area contributed by atoms with Crippen LogP contribution < -0.4 is 4.90 Å². The first-order chi connectivity index (χ1) is 13.2. The fourth-order valence-electron chi connectivity index (χ4n) is 3.26. The molecule has 0 bridgehead atoms. The molecule has 0 saturated carbocycles. The molecule has 0 spiro atoms. The van der Waals surface area contributed by atoms with Crippen molar-refractivity contribution in [3.8, 4) is 11.1 Å². The highest BCUT2D eigenvalue weighted by atomic mass is 127. The zero-order valence-electron chi connectivity index (χ0n) is 15.1. The molecule has 0 unspecified atom stereocenters. The molecule has 0 aromatic heterocycles. The molecule has 0 saturated heterocycles. The molecule has 4 aromatic carbocycles.